The van der Waals surface area contributed by atoms with Gasteiger partial charge in [0.05, 0.1) is 18.3 Å². The molecule has 0 atom stereocenters. The zero-order valence-electron chi connectivity index (χ0n) is 9.06. The Balaban J connectivity index is 1.96. The molecular weight excluding hydrogens is 208 g/mol. The molecule has 84 valence electrons. The van der Waals surface area contributed by atoms with E-state index >= 15 is 0 Å². The van der Waals surface area contributed by atoms with Crippen LogP contribution in [0.1, 0.15) is 21.9 Å². The summed E-state index contributed by atoms with van der Waals surface area (Å²) in [5, 5.41) is 13.3. The number of hydrogen-bond acceptors (Lipinski definition) is 4. The average Bonchev–Trinajstić information content (AvgIpc) is 2.84. The van der Waals surface area contributed by atoms with E-state index in [2.05, 4.69) is 25.6 Å². The summed E-state index contributed by atoms with van der Waals surface area (Å²) in [4.78, 5) is 15.7. The highest BCUT2D eigenvalue weighted by molar-refractivity contribution is 5.94. The minimum atomic E-state index is -0.182. The van der Waals surface area contributed by atoms with E-state index in [1.807, 2.05) is 0 Å². The Morgan fingerprint density at radius 3 is 3.00 bits per heavy atom. The van der Waals surface area contributed by atoms with E-state index in [1.165, 1.54) is 6.20 Å². The van der Waals surface area contributed by atoms with Gasteiger partial charge in [-0.15, -0.1) is 0 Å². The molecule has 0 aliphatic heterocycles. The Bertz CT molecular complexity index is 500. The Morgan fingerprint density at radius 2 is 2.44 bits per heavy atom. The van der Waals surface area contributed by atoms with Crippen LogP contribution in [0.25, 0.3) is 0 Å². The summed E-state index contributed by atoms with van der Waals surface area (Å²) in [6, 6.07) is 0. The zero-order valence-corrected chi connectivity index (χ0v) is 9.06. The lowest BCUT2D eigenvalue weighted by Gasteiger charge is -2.00. The number of nitrogens with zero attached hydrogens (tertiary/aromatic N) is 4. The summed E-state index contributed by atoms with van der Waals surface area (Å²) < 4.78 is 1.59. The van der Waals surface area contributed by atoms with Crippen molar-refractivity contribution in [1.29, 1.82) is 0 Å². The van der Waals surface area contributed by atoms with Crippen LogP contribution in [0.2, 0.25) is 0 Å². The first-order valence-electron chi connectivity index (χ1n) is 4.79. The molecule has 2 aromatic heterocycles. The van der Waals surface area contributed by atoms with E-state index in [0.29, 0.717) is 17.9 Å². The lowest BCUT2D eigenvalue weighted by Crippen LogP contribution is -2.23. The van der Waals surface area contributed by atoms with Crippen LogP contribution in [0.5, 0.6) is 0 Å². The number of aromatic amines is 1. The standard InChI is InChI=1S/C9H12N6O/c1-6-7(3-12-13-6)9(16)10-4-8-11-5-15(2)14-8/h3,5H,4H2,1-2H3,(H,10,16)(H,12,13). The predicted octanol–water partition coefficient (Wildman–Crippen LogP) is -0.223. The summed E-state index contributed by atoms with van der Waals surface area (Å²) in [6.45, 7) is 2.10. The molecule has 0 saturated heterocycles. The molecule has 7 heteroatoms. The largest absolute Gasteiger partial charge is 0.345 e. The van der Waals surface area contributed by atoms with Crippen molar-refractivity contribution in [1.82, 2.24) is 30.3 Å². The lowest BCUT2D eigenvalue weighted by atomic mass is 10.2. The summed E-state index contributed by atoms with van der Waals surface area (Å²) in [5.74, 6) is 0.399. The van der Waals surface area contributed by atoms with Crippen LogP contribution in [0.3, 0.4) is 0 Å². The first-order valence-corrected chi connectivity index (χ1v) is 4.79. The minimum Gasteiger partial charge on any atom is -0.345 e. The normalized spacial score (nSPS) is 10.4. The van der Waals surface area contributed by atoms with E-state index in [1.54, 1.807) is 25.0 Å². The van der Waals surface area contributed by atoms with Crippen LogP contribution < -0.4 is 5.32 Å². The molecule has 0 aliphatic carbocycles. The van der Waals surface area contributed by atoms with Crippen molar-refractivity contribution in [3.63, 3.8) is 0 Å². The molecular formula is C9H12N6O. The second kappa shape index (κ2) is 4.13. The fraction of sp³-hybridized carbons (Fsp3) is 0.333. The molecule has 0 aliphatic rings. The first-order chi connectivity index (χ1) is 7.66. The van der Waals surface area contributed by atoms with Gasteiger partial charge >= 0.3 is 0 Å². The maximum Gasteiger partial charge on any atom is 0.255 e. The van der Waals surface area contributed by atoms with Crippen LogP contribution in [0.15, 0.2) is 12.5 Å². The van der Waals surface area contributed by atoms with Crippen molar-refractivity contribution in [2.24, 2.45) is 7.05 Å². The molecule has 0 saturated carbocycles. The van der Waals surface area contributed by atoms with Gasteiger partial charge < -0.3 is 5.32 Å². The van der Waals surface area contributed by atoms with Crippen LogP contribution in [0, 0.1) is 6.92 Å². The Morgan fingerprint density at radius 1 is 1.62 bits per heavy atom. The SMILES string of the molecule is Cc1[nH]ncc1C(=O)NCc1ncn(C)n1. The molecule has 1 amide bonds. The molecule has 0 radical (unpaired) electrons. The van der Waals surface area contributed by atoms with Gasteiger partial charge in [0.1, 0.15) is 6.33 Å². The second-order valence-corrected chi connectivity index (χ2v) is 3.43. The van der Waals surface area contributed by atoms with Gasteiger partial charge in [-0.05, 0) is 6.92 Å². The van der Waals surface area contributed by atoms with Gasteiger partial charge in [0.15, 0.2) is 5.82 Å². The highest BCUT2D eigenvalue weighted by atomic mass is 16.1. The molecule has 0 unspecified atom stereocenters. The number of aryl methyl sites for hydroxylation is 2. The van der Waals surface area contributed by atoms with Gasteiger partial charge in [0.25, 0.3) is 5.91 Å². The van der Waals surface area contributed by atoms with Crippen molar-refractivity contribution in [3.05, 3.63) is 29.6 Å². The van der Waals surface area contributed by atoms with Crippen molar-refractivity contribution in [3.8, 4) is 0 Å². The van der Waals surface area contributed by atoms with E-state index < -0.39 is 0 Å². The summed E-state index contributed by atoms with van der Waals surface area (Å²) in [5.41, 5.74) is 1.28. The summed E-state index contributed by atoms with van der Waals surface area (Å²) in [7, 11) is 1.78. The monoisotopic (exact) mass is 220 g/mol. The van der Waals surface area contributed by atoms with Gasteiger partial charge in [-0.1, -0.05) is 0 Å². The van der Waals surface area contributed by atoms with Gasteiger partial charge in [-0.2, -0.15) is 10.2 Å². The highest BCUT2D eigenvalue weighted by Gasteiger charge is 2.10. The number of carbonyl (C=O) groups is 1. The summed E-state index contributed by atoms with van der Waals surface area (Å²) in [6.07, 6.45) is 3.08. The molecule has 2 aromatic rings. The molecule has 0 spiro atoms. The van der Waals surface area contributed by atoms with E-state index in [-0.39, 0.29) is 5.91 Å². The van der Waals surface area contributed by atoms with Crippen LogP contribution in [-0.2, 0) is 13.6 Å². The topological polar surface area (TPSA) is 88.5 Å². The molecule has 0 fully saturated rings. The van der Waals surface area contributed by atoms with Gasteiger partial charge in [-0.25, -0.2) is 4.98 Å². The lowest BCUT2D eigenvalue weighted by molar-refractivity contribution is 0.0949. The maximum atomic E-state index is 11.7. The minimum absolute atomic E-state index is 0.182. The number of nitrogens with one attached hydrogen (secondary N) is 2. The van der Waals surface area contributed by atoms with Crippen molar-refractivity contribution in [2.75, 3.05) is 0 Å². The highest BCUT2D eigenvalue weighted by Crippen LogP contribution is 2.02. The quantitative estimate of drug-likeness (QED) is 0.748. The van der Waals surface area contributed by atoms with E-state index in [0.717, 1.165) is 5.69 Å². The Labute approximate surface area is 91.9 Å². The van der Waals surface area contributed by atoms with Crippen LogP contribution in [0.4, 0.5) is 0 Å². The molecule has 0 bridgehead atoms. The van der Waals surface area contributed by atoms with Crippen molar-refractivity contribution >= 4 is 5.91 Å². The van der Waals surface area contributed by atoms with E-state index in [9.17, 15) is 4.79 Å². The van der Waals surface area contributed by atoms with Crippen molar-refractivity contribution < 1.29 is 4.79 Å². The zero-order chi connectivity index (χ0) is 11.5. The fourth-order valence-corrected chi connectivity index (χ4v) is 1.30. The van der Waals surface area contributed by atoms with Gasteiger partial charge in [-0.3, -0.25) is 14.6 Å². The fourth-order valence-electron chi connectivity index (χ4n) is 1.30. The summed E-state index contributed by atoms with van der Waals surface area (Å²) >= 11 is 0. The van der Waals surface area contributed by atoms with Crippen LogP contribution >= 0.6 is 0 Å². The number of hydrogen-bond donors (Lipinski definition) is 2. The molecule has 16 heavy (non-hydrogen) atoms. The first kappa shape index (κ1) is 10.3. The predicted molar refractivity (Wildman–Crippen MR) is 55.5 cm³/mol. The number of rotatable bonds is 3. The third kappa shape index (κ3) is 2.08. The second-order valence-electron chi connectivity index (χ2n) is 3.43. The third-order valence-corrected chi connectivity index (χ3v) is 2.13. The number of carbonyl (C=O) groups excluding carboxylic acids is 1. The Kier molecular flexibility index (Phi) is 2.67. The van der Waals surface area contributed by atoms with Gasteiger partial charge in [0, 0.05) is 12.7 Å². The van der Waals surface area contributed by atoms with Gasteiger partial charge in [0.2, 0.25) is 0 Å². The number of H-pyrrole nitrogens is 1. The van der Waals surface area contributed by atoms with Crippen LogP contribution in [-0.4, -0.2) is 30.9 Å². The molecule has 0 aromatic carbocycles. The number of amides is 1. The molecule has 2 rings (SSSR count). The molecule has 2 heterocycles. The molecule has 7 nitrogen and oxygen atoms in total. The average molecular weight is 220 g/mol. The Hall–Kier alpha value is -2.18. The third-order valence-electron chi connectivity index (χ3n) is 2.13. The van der Waals surface area contributed by atoms with E-state index in [4.69, 9.17) is 0 Å². The maximum absolute atomic E-state index is 11.7. The molecule has 2 N–H and O–H groups in total. The van der Waals surface area contributed by atoms with Crippen molar-refractivity contribution in [2.45, 2.75) is 13.5 Å². The smallest absolute Gasteiger partial charge is 0.255 e. The number of aromatic nitrogens is 5.